The minimum atomic E-state index is -0.194. The summed E-state index contributed by atoms with van der Waals surface area (Å²) in [5.74, 6) is -0.194. The first-order chi connectivity index (χ1) is 14.6. The van der Waals surface area contributed by atoms with Crippen molar-refractivity contribution >= 4 is 59.4 Å². The maximum Gasteiger partial charge on any atom is 0.258 e. The highest BCUT2D eigenvalue weighted by molar-refractivity contribution is 9.10. The quantitative estimate of drug-likeness (QED) is 0.312. The maximum atomic E-state index is 13.2. The number of aromatic nitrogens is 2. The van der Waals surface area contributed by atoms with Crippen LogP contribution in [0.4, 0.5) is 5.13 Å². The Hall–Kier alpha value is -3.09. The normalized spacial score (nSPS) is 11.1. The zero-order chi connectivity index (χ0) is 20.7. The van der Waals surface area contributed by atoms with Crippen molar-refractivity contribution in [3.05, 3.63) is 88.4 Å². The molecule has 0 unspecified atom stereocenters. The smallest absolute Gasteiger partial charge is 0.258 e. The number of amides is 1. The maximum absolute atomic E-state index is 13.2. The third kappa shape index (κ3) is 3.60. The molecule has 0 aliphatic rings. The number of nitrogens with one attached hydrogen (secondary N) is 1. The van der Waals surface area contributed by atoms with Crippen molar-refractivity contribution in [3.63, 3.8) is 0 Å². The van der Waals surface area contributed by atoms with Gasteiger partial charge in [-0.05, 0) is 37.3 Å². The zero-order valence-electron chi connectivity index (χ0n) is 16.0. The standard InChI is InChI=1S/C24H16BrN3OS/c1-14-6-8-15(9-7-14)21-13-18(17-4-2-3-5-19(17)26-21)23(29)28-24-27-20-11-10-16(25)12-22(20)30-24/h2-13H,1H3,(H,27,28,29). The van der Waals surface area contributed by atoms with E-state index in [1.807, 2.05) is 79.7 Å². The Bertz CT molecular complexity index is 1410. The van der Waals surface area contributed by atoms with E-state index in [-0.39, 0.29) is 5.91 Å². The molecule has 0 saturated heterocycles. The lowest BCUT2D eigenvalue weighted by Gasteiger charge is -2.10. The highest BCUT2D eigenvalue weighted by Gasteiger charge is 2.16. The number of anilines is 1. The molecule has 2 heterocycles. The molecule has 0 aliphatic heterocycles. The van der Waals surface area contributed by atoms with Gasteiger partial charge in [0.05, 0.1) is 27.0 Å². The fourth-order valence-corrected chi connectivity index (χ4v) is 4.76. The molecule has 2 aromatic heterocycles. The van der Waals surface area contributed by atoms with E-state index < -0.39 is 0 Å². The zero-order valence-corrected chi connectivity index (χ0v) is 18.4. The molecule has 5 aromatic rings. The van der Waals surface area contributed by atoms with Gasteiger partial charge in [0.15, 0.2) is 5.13 Å². The second-order valence-corrected chi connectivity index (χ2v) is 8.97. The molecule has 3 aromatic carbocycles. The Morgan fingerprint density at radius 1 is 0.933 bits per heavy atom. The molecular formula is C24H16BrN3OS. The van der Waals surface area contributed by atoms with Gasteiger partial charge in [0.2, 0.25) is 0 Å². The van der Waals surface area contributed by atoms with Crippen molar-refractivity contribution in [2.75, 3.05) is 5.32 Å². The number of para-hydroxylation sites is 1. The number of benzene rings is 3. The molecule has 1 amide bonds. The number of thiazole rings is 1. The Kier molecular flexibility index (Phi) is 4.81. The van der Waals surface area contributed by atoms with Gasteiger partial charge in [0.1, 0.15) is 0 Å². The van der Waals surface area contributed by atoms with Crippen LogP contribution in [0.1, 0.15) is 15.9 Å². The summed E-state index contributed by atoms with van der Waals surface area (Å²) in [6.07, 6.45) is 0. The first kappa shape index (κ1) is 18.9. The number of pyridine rings is 1. The van der Waals surface area contributed by atoms with Crippen molar-refractivity contribution in [3.8, 4) is 11.3 Å². The van der Waals surface area contributed by atoms with Crippen LogP contribution >= 0.6 is 27.3 Å². The van der Waals surface area contributed by atoms with E-state index in [1.54, 1.807) is 0 Å². The highest BCUT2D eigenvalue weighted by Crippen LogP contribution is 2.30. The molecule has 0 aliphatic carbocycles. The largest absolute Gasteiger partial charge is 0.298 e. The molecule has 4 nitrogen and oxygen atoms in total. The average molecular weight is 474 g/mol. The summed E-state index contributed by atoms with van der Waals surface area (Å²) in [6.45, 7) is 2.05. The van der Waals surface area contributed by atoms with Crippen molar-refractivity contribution < 1.29 is 4.79 Å². The second-order valence-electron chi connectivity index (χ2n) is 7.02. The highest BCUT2D eigenvalue weighted by atomic mass is 79.9. The van der Waals surface area contributed by atoms with Crippen molar-refractivity contribution in [1.82, 2.24) is 9.97 Å². The molecule has 30 heavy (non-hydrogen) atoms. The predicted octanol–water partition coefficient (Wildman–Crippen LogP) is 6.83. The fraction of sp³-hybridized carbons (Fsp3) is 0.0417. The molecule has 0 bridgehead atoms. The van der Waals surface area contributed by atoms with Crippen LogP contribution in [0, 0.1) is 6.92 Å². The summed E-state index contributed by atoms with van der Waals surface area (Å²) in [5.41, 5.74) is 5.15. The first-order valence-corrected chi connectivity index (χ1v) is 11.0. The molecule has 0 fully saturated rings. The molecule has 0 saturated carbocycles. The lowest BCUT2D eigenvalue weighted by molar-refractivity contribution is 0.102. The Morgan fingerprint density at radius 2 is 1.73 bits per heavy atom. The summed E-state index contributed by atoms with van der Waals surface area (Å²) in [7, 11) is 0. The van der Waals surface area contributed by atoms with Gasteiger partial charge in [-0.3, -0.25) is 10.1 Å². The fourth-order valence-electron chi connectivity index (χ4n) is 3.35. The summed E-state index contributed by atoms with van der Waals surface area (Å²) >= 11 is 4.93. The first-order valence-electron chi connectivity index (χ1n) is 9.41. The molecule has 0 radical (unpaired) electrons. The lowest BCUT2D eigenvalue weighted by Crippen LogP contribution is -2.13. The summed E-state index contributed by atoms with van der Waals surface area (Å²) in [6, 6.07) is 23.6. The number of rotatable bonds is 3. The van der Waals surface area contributed by atoms with Crippen LogP contribution in [-0.4, -0.2) is 15.9 Å². The van der Waals surface area contributed by atoms with E-state index in [2.05, 4.69) is 26.2 Å². The van der Waals surface area contributed by atoms with Crippen LogP contribution in [-0.2, 0) is 0 Å². The van der Waals surface area contributed by atoms with E-state index >= 15 is 0 Å². The second kappa shape index (κ2) is 7.63. The third-order valence-electron chi connectivity index (χ3n) is 4.88. The monoisotopic (exact) mass is 473 g/mol. The van der Waals surface area contributed by atoms with E-state index in [4.69, 9.17) is 4.98 Å². The topological polar surface area (TPSA) is 54.9 Å². The number of halogens is 1. The van der Waals surface area contributed by atoms with Crippen LogP contribution in [0.25, 0.3) is 32.4 Å². The number of aryl methyl sites for hydroxylation is 1. The minimum absolute atomic E-state index is 0.194. The van der Waals surface area contributed by atoms with Crippen LogP contribution in [0.2, 0.25) is 0 Å². The Morgan fingerprint density at radius 3 is 2.57 bits per heavy atom. The third-order valence-corrected chi connectivity index (χ3v) is 6.31. The predicted molar refractivity (Wildman–Crippen MR) is 127 cm³/mol. The summed E-state index contributed by atoms with van der Waals surface area (Å²) < 4.78 is 2.00. The number of hydrogen-bond acceptors (Lipinski definition) is 4. The van der Waals surface area contributed by atoms with Crippen LogP contribution in [0.15, 0.2) is 77.3 Å². The van der Waals surface area contributed by atoms with Gasteiger partial charge in [-0.1, -0.05) is 75.3 Å². The molecular weight excluding hydrogens is 458 g/mol. The number of nitrogens with zero attached hydrogens (tertiary/aromatic N) is 2. The SMILES string of the molecule is Cc1ccc(-c2cc(C(=O)Nc3nc4ccc(Br)cc4s3)c3ccccc3n2)cc1. The van der Waals surface area contributed by atoms with Gasteiger partial charge in [-0.15, -0.1) is 0 Å². The molecule has 0 spiro atoms. The number of carbonyl (C=O) groups is 1. The summed E-state index contributed by atoms with van der Waals surface area (Å²) in [4.78, 5) is 22.5. The summed E-state index contributed by atoms with van der Waals surface area (Å²) in [5, 5.41) is 4.36. The van der Waals surface area contributed by atoms with Crippen molar-refractivity contribution in [2.24, 2.45) is 0 Å². The van der Waals surface area contributed by atoms with Crippen molar-refractivity contribution in [2.45, 2.75) is 6.92 Å². The van der Waals surface area contributed by atoms with Crippen LogP contribution < -0.4 is 5.32 Å². The van der Waals surface area contributed by atoms with Crippen LogP contribution in [0.3, 0.4) is 0 Å². The molecule has 5 rings (SSSR count). The Balaban J connectivity index is 1.57. The van der Waals surface area contributed by atoms with E-state index in [1.165, 1.54) is 16.9 Å². The molecule has 0 atom stereocenters. The number of hydrogen-bond donors (Lipinski definition) is 1. The van der Waals surface area contributed by atoms with E-state index in [0.717, 1.165) is 36.8 Å². The van der Waals surface area contributed by atoms with Gasteiger partial charge < -0.3 is 0 Å². The number of carbonyl (C=O) groups excluding carboxylic acids is 1. The minimum Gasteiger partial charge on any atom is -0.298 e. The lowest BCUT2D eigenvalue weighted by atomic mass is 10.0. The molecule has 6 heteroatoms. The molecule has 1 N–H and O–H groups in total. The van der Waals surface area contributed by atoms with Gasteiger partial charge in [-0.25, -0.2) is 9.97 Å². The van der Waals surface area contributed by atoms with Crippen LogP contribution in [0.5, 0.6) is 0 Å². The van der Waals surface area contributed by atoms with Gasteiger partial charge in [0, 0.05) is 15.4 Å². The number of fused-ring (bicyclic) bond motifs is 2. The van der Waals surface area contributed by atoms with E-state index in [0.29, 0.717) is 10.7 Å². The Labute approximate surface area is 185 Å². The van der Waals surface area contributed by atoms with Gasteiger partial charge in [0.25, 0.3) is 5.91 Å². The average Bonchev–Trinajstić information content (AvgIpc) is 3.14. The van der Waals surface area contributed by atoms with E-state index in [9.17, 15) is 4.79 Å². The molecule has 146 valence electrons. The van der Waals surface area contributed by atoms with Gasteiger partial charge in [-0.2, -0.15) is 0 Å². The van der Waals surface area contributed by atoms with Gasteiger partial charge >= 0.3 is 0 Å². The van der Waals surface area contributed by atoms with Crippen molar-refractivity contribution in [1.29, 1.82) is 0 Å².